The third kappa shape index (κ3) is 3.23. The molecule has 0 radical (unpaired) electrons. The summed E-state index contributed by atoms with van der Waals surface area (Å²) in [7, 11) is 0. The maximum Gasteiger partial charge on any atom is 0.123 e. The summed E-state index contributed by atoms with van der Waals surface area (Å²) in [6.45, 7) is 2.73. The summed E-state index contributed by atoms with van der Waals surface area (Å²) in [4.78, 5) is 0. The summed E-state index contributed by atoms with van der Waals surface area (Å²) in [5, 5.41) is 11.8. The molecule has 0 spiro atoms. The Bertz CT molecular complexity index is 738. The van der Waals surface area contributed by atoms with Gasteiger partial charge in [-0.25, -0.2) is 0 Å². The van der Waals surface area contributed by atoms with Crippen LogP contribution in [0.5, 0.6) is 0 Å². The number of hydrogen-bond donors (Lipinski definition) is 1. The van der Waals surface area contributed by atoms with E-state index in [0.717, 1.165) is 34.1 Å². The summed E-state index contributed by atoms with van der Waals surface area (Å²) in [5.74, 6) is 0. The minimum atomic E-state index is 0.728. The second kappa shape index (κ2) is 5.97. The van der Waals surface area contributed by atoms with Crippen molar-refractivity contribution in [2.75, 3.05) is 5.32 Å². The van der Waals surface area contributed by atoms with Gasteiger partial charge in [0, 0.05) is 17.3 Å². The molecule has 0 saturated heterocycles. The van der Waals surface area contributed by atoms with Crippen LogP contribution in [0.2, 0.25) is 5.02 Å². The second-order valence-electron chi connectivity index (χ2n) is 4.86. The first-order valence-electron chi connectivity index (χ1n) is 6.66. The lowest BCUT2D eigenvalue weighted by molar-refractivity contribution is 1.05. The van der Waals surface area contributed by atoms with Crippen molar-refractivity contribution in [3.63, 3.8) is 0 Å². The fourth-order valence-electron chi connectivity index (χ4n) is 2.06. The Kier molecular flexibility index (Phi) is 3.88. The van der Waals surface area contributed by atoms with E-state index in [1.165, 1.54) is 0 Å². The van der Waals surface area contributed by atoms with Gasteiger partial charge in [0.2, 0.25) is 0 Å². The molecule has 5 heteroatoms. The van der Waals surface area contributed by atoms with Crippen molar-refractivity contribution in [1.82, 2.24) is 14.8 Å². The molecule has 4 nitrogen and oxygen atoms in total. The molecule has 0 amide bonds. The van der Waals surface area contributed by atoms with Gasteiger partial charge in [-0.15, -0.1) is 10.2 Å². The average Bonchev–Trinajstić information content (AvgIpc) is 3.03. The average molecular weight is 299 g/mol. The van der Waals surface area contributed by atoms with Crippen LogP contribution in [-0.4, -0.2) is 14.8 Å². The normalized spacial score (nSPS) is 10.6. The molecule has 0 aliphatic heterocycles. The van der Waals surface area contributed by atoms with Gasteiger partial charge in [-0.1, -0.05) is 29.8 Å². The van der Waals surface area contributed by atoms with Gasteiger partial charge in [0.05, 0.1) is 5.69 Å². The smallest absolute Gasteiger partial charge is 0.123 e. The van der Waals surface area contributed by atoms with E-state index < -0.39 is 0 Å². The molecule has 0 saturated carbocycles. The van der Waals surface area contributed by atoms with E-state index >= 15 is 0 Å². The number of anilines is 1. The Morgan fingerprint density at radius 3 is 2.67 bits per heavy atom. The van der Waals surface area contributed by atoms with Gasteiger partial charge in [0.25, 0.3) is 0 Å². The molecule has 0 unspecified atom stereocenters. The predicted molar refractivity (Wildman–Crippen MR) is 84.9 cm³/mol. The first-order valence-corrected chi connectivity index (χ1v) is 7.04. The minimum absolute atomic E-state index is 0.728. The summed E-state index contributed by atoms with van der Waals surface area (Å²) < 4.78 is 1.87. The van der Waals surface area contributed by atoms with Gasteiger partial charge in [0.1, 0.15) is 12.7 Å². The third-order valence-corrected chi connectivity index (χ3v) is 3.70. The summed E-state index contributed by atoms with van der Waals surface area (Å²) in [5.41, 5.74) is 4.31. The van der Waals surface area contributed by atoms with E-state index in [4.69, 9.17) is 11.6 Å². The van der Waals surface area contributed by atoms with Crippen LogP contribution < -0.4 is 5.32 Å². The fraction of sp³-hybridized carbons (Fsp3) is 0.125. The van der Waals surface area contributed by atoms with E-state index in [-0.39, 0.29) is 0 Å². The van der Waals surface area contributed by atoms with Crippen LogP contribution in [0.15, 0.2) is 55.1 Å². The largest absolute Gasteiger partial charge is 0.381 e. The Labute approximate surface area is 128 Å². The highest BCUT2D eigenvalue weighted by Gasteiger charge is 2.00. The summed E-state index contributed by atoms with van der Waals surface area (Å²) >= 11 is 6.14. The minimum Gasteiger partial charge on any atom is -0.381 e. The van der Waals surface area contributed by atoms with Crippen LogP contribution in [0.25, 0.3) is 5.69 Å². The topological polar surface area (TPSA) is 42.7 Å². The van der Waals surface area contributed by atoms with E-state index in [0.29, 0.717) is 0 Å². The van der Waals surface area contributed by atoms with Crippen LogP contribution in [0.3, 0.4) is 0 Å². The number of aromatic nitrogens is 3. The molecule has 1 aromatic heterocycles. The molecule has 1 N–H and O–H groups in total. The van der Waals surface area contributed by atoms with Crippen molar-refractivity contribution < 1.29 is 0 Å². The van der Waals surface area contributed by atoms with E-state index in [9.17, 15) is 0 Å². The van der Waals surface area contributed by atoms with Crippen molar-refractivity contribution in [3.05, 3.63) is 71.3 Å². The Balaban J connectivity index is 1.73. The Hall–Kier alpha value is -2.33. The van der Waals surface area contributed by atoms with Crippen molar-refractivity contribution >= 4 is 17.3 Å². The first-order chi connectivity index (χ1) is 10.2. The molecule has 3 rings (SSSR count). The highest BCUT2D eigenvalue weighted by atomic mass is 35.5. The van der Waals surface area contributed by atoms with Gasteiger partial charge in [-0.3, -0.25) is 4.57 Å². The SMILES string of the molecule is Cc1ccc(CNc2cccc(-n3cnnc3)c2)cc1Cl. The van der Waals surface area contributed by atoms with Crippen LogP contribution in [0.4, 0.5) is 5.69 Å². The summed E-state index contributed by atoms with van der Waals surface area (Å²) in [6, 6.07) is 14.2. The predicted octanol–water partition coefficient (Wildman–Crippen LogP) is 3.84. The highest BCUT2D eigenvalue weighted by molar-refractivity contribution is 6.31. The quantitative estimate of drug-likeness (QED) is 0.796. The number of halogens is 1. The van der Waals surface area contributed by atoms with Crippen LogP contribution >= 0.6 is 11.6 Å². The number of nitrogens with one attached hydrogen (secondary N) is 1. The maximum absolute atomic E-state index is 6.14. The zero-order valence-corrected chi connectivity index (χ0v) is 12.4. The molecule has 21 heavy (non-hydrogen) atoms. The Morgan fingerprint density at radius 1 is 1.10 bits per heavy atom. The number of hydrogen-bond acceptors (Lipinski definition) is 3. The van der Waals surface area contributed by atoms with Crippen molar-refractivity contribution in [3.8, 4) is 5.69 Å². The molecular formula is C16H15ClN4. The second-order valence-corrected chi connectivity index (χ2v) is 5.26. The van der Waals surface area contributed by atoms with Crippen LogP contribution in [-0.2, 0) is 6.54 Å². The molecular weight excluding hydrogens is 284 g/mol. The first kappa shape index (κ1) is 13.6. The zero-order valence-electron chi connectivity index (χ0n) is 11.6. The van der Waals surface area contributed by atoms with Gasteiger partial charge in [-0.2, -0.15) is 0 Å². The lowest BCUT2D eigenvalue weighted by Gasteiger charge is -2.09. The van der Waals surface area contributed by atoms with Crippen LogP contribution in [0.1, 0.15) is 11.1 Å². The van der Waals surface area contributed by atoms with Crippen molar-refractivity contribution in [1.29, 1.82) is 0 Å². The van der Waals surface area contributed by atoms with E-state index in [1.54, 1.807) is 12.7 Å². The van der Waals surface area contributed by atoms with Gasteiger partial charge >= 0.3 is 0 Å². The summed E-state index contributed by atoms with van der Waals surface area (Å²) in [6.07, 6.45) is 3.36. The van der Waals surface area contributed by atoms with Gasteiger partial charge in [0.15, 0.2) is 0 Å². The standard InChI is InChI=1S/C16H15ClN4/c1-12-5-6-13(7-16(12)17)9-18-14-3-2-4-15(8-14)21-10-19-20-11-21/h2-8,10-11,18H,9H2,1H3. The van der Waals surface area contributed by atoms with Gasteiger partial charge in [-0.05, 0) is 42.3 Å². The van der Waals surface area contributed by atoms with Crippen molar-refractivity contribution in [2.45, 2.75) is 13.5 Å². The molecule has 0 atom stereocenters. The molecule has 2 aromatic carbocycles. The number of benzene rings is 2. The zero-order chi connectivity index (χ0) is 14.7. The van der Waals surface area contributed by atoms with Crippen LogP contribution in [0, 0.1) is 6.92 Å². The number of rotatable bonds is 4. The number of aryl methyl sites for hydroxylation is 1. The van der Waals surface area contributed by atoms with Crippen molar-refractivity contribution in [2.24, 2.45) is 0 Å². The third-order valence-electron chi connectivity index (χ3n) is 3.30. The van der Waals surface area contributed by atoms with E-state index in [1.807, 2.05) is 41.8 Å². The Morgan fingerprint density at radius 2 is 1.90 bits per heavy atom. The lowest BCUT2D eigenvalue weighted by Crippen LogP contribution is -2.00. The molecule has 0 fully saturated rings. The molecule has 0 bridgehead atoms. The fourth-order valence-corrected chi connectivity index (χ4v) is 2.26. The molecule has 0 aliphatic rings. The molecule has 0 aliphatic carbocycles. The molecule has 1 heterocycles. The monoisotopic (exact) mass is 298 g/mol. The lowest BCUT2D eigenvalue weighted by atomic mass is 10.1. The number of nitrogens with zero attached hydrogens (tertiary/aromatic N) is 3. The van der Waals surface area contributed by atoms with Gasteiger partial charge < -0.3 is 5.32 Å². The highest BCUT2D eigenvalue weighted by Crippen LogP contribution is 2.19. The van der Waals surface area contributed by atoms with E-state index in [2.05, 4.69) is 27.6 Å². The maximum atomic E-state index is 6.14. The molecule has 106 valence electrons. The molecule has 3 aromatic rings.